The van der Waals surface area contributed by atoms with Gasteiger partial charge >= 0.3 is 5.97 Å². The summed E-state index contributed by atoms with van der Waals surface area (Å²) in [5, 5.41) is 9.29. The zero-order valence-corrected chi connectivity index (χ0v) is 12.5. The number of carboxylic acids is 1. The number of benzene rings is 1. The molecule has 1 saturated heterocycles. The molecule has 2 rings (SSSR count). The minimum atomic E-state index is -0.728. The molecule has 4 nitrogen and oxygen atoms in total. The maximum atomic E-state index is 11.3. The van der Waals surface area contributed by atoms with Crippen molar-refractivity contribution in [1.82, 2.24) is 4.90 Å². The van der Waals surface area contributed by atoms with Crippen LogP contribution in [0.4, 0.5) is 0 Å². The van der Waals surface area contributed by atoms with Gasteiger partial charge in [-0.05, 0) is 41.4 Å². The van der Waals surface area contributed by atoms with Crippen LogP contribution in [0.15, 0.2) is 22.7 Å². The Hall–Kier alpha value is -1.07. The summed E-state index contributed by atoms with van der Waals surface area (Å²) in [5.41, 5.74) is 1.02. The van der Waals surface area contributed by atoms with Gasteiger partial charge in [-0.15, -0.1) is 0 Å². The smallest absolute Gasteiger partial charge is 0.320 e. The van der Waals surface area contributed by atoms with Crippen LogP contribution >= 0.6 is 15.9 Å². The number of carbonyl (C=O) groups is 1. The van der Waals surface area contributed by atoms with Crippen molar-refractivity contribution >= 4 is 21.9 Å². The van der Waals surface area contributed by atoms with Gasteiger partial charge in [0.25, 0.3) is 0 Å². The molecule has 1 aromatic carbocycles. The molecule has 0 spiro atoms. The summed E-state index contributed by atoms with van der Waals surface area (Å²) in [6.45, 7) is 1.44. The maximum Gasteiger partial charge on any atom is 0.320 e. The number of aliphatic carboxylic acids is 1. The van der Waals surface area contributed by atoms with E-state index in [0.29, 0.717) is 6.54 Å². The quantitative estimate of drug-likeness (QED) is 0.923. The van der Waals surface area contributed by atoms with Crippen molar-refractivity contribution in [3.05, 3.63) is 28.2 Å². The van der Waals surface area contributed by atoms with Crippen molar-refractivity contribution in [2.45, 2.75) is 31.8 Å². The van der Waals surface area contributed by atoms with Gasteiger partial charge in [0.15, 0.2) is 0 Å². The van der Waals surface area contributed by atoms with E-state index in [0.717, 1.165) is 41.6 Å². The number of para-hydroxylation sites is 1. The van der Waals surface area contributed by atoms with Gasteiger partial charge in [-0.25, -0.2) is 0 Å². The van der Waals surface area contributed by atoms with E-state index in [2.05, 4.69) is 15.9 Å². The minimum Gasteiger partial charge on any atom is -0.495 e. The Kier molecular flexibility index (Phi) is 4.82. The van der Waals surface area contributed by atoms with E-state index in [4.69, 9.17) is 4.74 Å². The predicted octanol–water partition coefficient (Wildman–Crippen LogP) is 2.90. The summed E-state index contributed by atoms with van der Waals surface area (Å²) >= 11 is 3.46. The number of halogens is 1. The number of hydrogen-bond acceptors (Lipinski definition) is 3. The summed E-state index contributed by atoms with van der Waals surface area (Å²) in [7, 11) is 1.63. The number of nitrogens with zero attached hydrogens (tertiary/aromatic N) is 1. The molecular formula is C14H18BrNO3. The highest BCUT2D eigenvalue weighted by atomic mass is 79.9. The molecule has 1 fully saturated rings. The molecule has 1 N–H and O–H groups in total. The highest BCUT2D eigenvalue weighted by Gasteiger charge is 2.28. The second kappa shape index (κ2) is 6.39. The molecule has 1 atom stereocenters. The maximum absolute atomic E-state index is 11.3. The van der Waals surface area contributed by atoms with E-state index < -0.39 is 5.97 Å². The first-order valence-corrected chi connectivity index (χ1v) is 7.21. The zero-order chi connectivity index (χ0) is 13.8. The molecule has 0 saturated carbocycles. The molecular weight excluding hydrogens is 310 g/mol. The number of rotatable bonds is 4. The van der Waals surface area contributed by atoms with Crippen LogP contribution in [-0.4, -0.2) is 35.7 Å². The largest absolute Gasteiger partial charge is 0.495 e. The van der Waals surface area contributed by atoms with Gasteiger partial charge in [-0.2, -0.15) is 0 Å². The molecule has 104 valence electrons. The summed E-state index contributed by atoms with van der Waals surface area (Å²) in [5.74, 6) is 0.0610. The highest BCUT2D eigenvalue weighted by molar-refractivity contribution is 9.10. The molecule has 0 radical (unpaired) electrons. The Labute approximate surface area is 121 Å². The van der Waals surface area contributed by atoms with E-state index in [1.165, 1.54) is 0 Å². The van der Waals surface area contributed by atoms with Crippen molar-refractivity contribution in [2.75, 3.05) is 13.7 Å². The molecule has 0 bridgehead atoms. The van der Waals surface area contributed by atoms with Crippen molar-refractivity contribution in [2.24, 2.45) is 0 Å². The molecule has 1 aliphatic rings. The van der Waals surface area contributed by atoms with Crippen molar-refractivity contribution in [3.8, 4) is 5.75 Å². The predicted molar refractivity (Wildman–Crippen MR) is 76.4 cm³/mol. The number of hydrogen-bond donors (Lipinski definition) is 1. The summed E-state index contributed by atoms with van der Waals surface area (Å²) in [6, 6.07) is 5.48. The molecule has 0 amide bonds. The fourth-order valence-corrected chi connectivity index (χ4v) is 3.15. The average molecular weight is 328 g/mol. The lowest BCUT2D eigenvalue weighted by Gasteiger charge is -2.33. The van der Waals surface area contributed by atoms with Gasteiger partial charge in [0.05, 0.1) is 11.6 Å². The SMILES string of the molecule is COc1c(Br)cccc1CN1CCCCC1C(=O)O. The summed E-state index contributed by atoms with van der Waals surface area (Å²) in [6.07, 6.45) is 2.77. The molecule has 5 heteroatoms. The van der Waals surface area contributed by atoms with Crippen LogP contribution in [0.1, 0.15) is 24.8 Å². The van der Waals surface area contributed by atoms with E-state index in [9.17, 15) is 9.90 Å². The second-order valence-corrected chi connectivity index (χ2v) is 5.61. The third kappa shape index (κ3) is 3.28. The Morgan fingerprint density at radius 3 is 3.00 bits per heavy atom. The third-order valence-electron chi connectivity index (χ3n) is 3.52. The van der Waals surface area contributed by atoms with Crippen LogP contribution in [0.25, 0.3) is 0 Å². The van der Waals surface area contributed by atoms with E-state index in [-0.39, 0.29) is 6.04 Å². The Balaban J connectivity index is 2.19. The first-order chi connectivity index (χ1) is 9.13. The molecule has 19 heavy (non-hydrogen) atoms. The van der Waals surface area contributed by atoms with Crippen molar-refractivity contribution in [3.63, 3.8) is 0 Å². The molecule has 1 aromatic rings. The molecule has 1 unspecified atom stereocenters. The highest BCUT2D eigenvalue weighted by Crippen LogP contribution is 2.31. The Bertz CT molecular complexity index is 464. The fourth-order valence-electron chi connectivity index (χ4n) is 2.59. The number of ether oxygens (including phenoxy) is 1. The monoisotopic (exact) mass is 327 g/mol. The van der Waals surface area contributed by atoms with Crippen LogP contribution in [0.5, 0.6) is 5.75 Å². The topological polar surface area (TPSA) is 49.8 Å². The van der Waals surface area contributed by atoms with E-state index in [1.807, 2.05) is 23.1 Å². The lowest BCUT2D eigenvalue weighted by molar-refractivity contribution is -0.144. The average Bonchev–Trinajstić information content (AvgIpc) is 2.39. The summed E-state index contributed by atoms with van der Waals surface area (Å²) in [4.78, 5) is 13.3. The first-order valence-electron chi connectivity index (χ1n) is 6.41. The Morgan fingerprint density at radius 2 is 2.32 bits per heavy atom. The van der Waals surface area contributed by atoms with Crippen LogP contribution in [0.3, 0.4) is 0 Å². The van der Waals surface area contributed by atoms with Crippen LogP contribution in [0.2, 0.25) is 0 Å². The normalized spacial score (nSPS) is 20.2. The number of piperidine rings is 1. The first kappa shape index (κ1) is 14.3. The molecule has 0 aromatic heterocycles. The standard InChI is InChI=1S/C14H18BrNO3/c1-19-13-10(5-4-6-11(13)15)9-16-8-3-2-7-12(16)14(17)18/h4-6,12H,2-3,7-9H2,1H3,(H,17,18). The van der Waals surface area contributed by atoms with Gasteiger partial charge in [0.2, 0.25) is 0 Å². The van der Waals surface area contributed by atoms with Gasteiger partial charge in [0, 0.05) is 12.1 Å². The number of methoxy groups -OCH3 is 1. The third-order valence-corrected chi connectivity index (χ3v) is 4.15. The van der Waals surface area contributed by atoms with E-state index >= 15 is 0 Å². The van der Waals surface area contributed by atoms with Gasteiger partial charge in [-0.1, -0.05) is 18.6 Å². The van der Waals surface area contributed by atoms with Gasteiger partial charge < -0.3 is 9.84 Å². The van der Waals surface area contributed by atoms with Crippen LogP contribution in [0, 0.1) is 0 Å². The van der Waals surface area contributed by atoms with Crippen molar-refractivity contribution < 1.29 is 14.6 Å². The zero-order valence-electron chi connectivity index (χ0n) is 10.9. The Morgan fingerprint density at radius 1 is 1.53 bits per heavy atom. The molecule has 0 aliphatic carbocycles. The fraction of sp³-hybridized carbons (Fsp3) is 0.500. The molecule has 1 heterocycles. The van der Waals surface area contributed by atoms with Crippen molar-refractivity contribution in [1.29, 1.82) is 0 Å². The summed E-state index contributed by atoms with van der Waals surface area (Å²) < 4.78 is 6.29. The number of carboxylic acid groups (broad SMARTS) is 1. The lowest BCUT2D eigenvalue weighted by atomic mass is 10.0. The van der Waals surface area contributed by atoms with Gasteiger partial charge in [0.1, 0.15) is 11.8 Å². The lowest BCUT2D eigenvalue weighted by Crippen LogP contribution is -2.44. The van der Waals surface area contributed by atoms with E-state index in [1.54, 1.807) is 7.11 Å². The van der Waals surface area contributed by atoms with Gasteiger partial charge in [-0.3, -0.25) is 9.69 Å². The van der Waals surface area contributed by atoms with Crippen LogP contribution in [-0.2, 0) is 11.3 Å². The minimum absolute atomic E-state index is 0.377. The molecule has 1 aliphatic heterocycles. The van der Waals surface area contributed by atoms with Crippen LogP contribution < -0.4 is 4.74 Å². The number of likely N-dealkylation sites (tertiary alicyclic amines) is 1. The second-order valence-electron chi connectivity index (χ2n) is 4.75.